The fourth-order valence-corrected chi connectivity index (χ4v) is 4.20. The van der Waals surface area contributed by atoms with E-state index >= 15 is 0 Å². The Labute approximate surface area is 212 Å². The van der Waals surface area contributed by atoms with E-state index in [0.717, 1.165) is 32.0 Å². The van der Waals surface area contributed by atoms with E-state index in [0.29, 0.717) is 48.3 Å². The molecule has 0 radical (unpaired) electrons. The summed E-state index contributed by atoms with van der Waals surface area (Å²) in [7, 11) is 0. The molecule has 1 aromatic heterocycles. The molecule has 1 aliphatic rings. The molecule has 8 heteroatoms. The fraction of sp³-hybridized carbons (Fsp3) is 0.357. The van der Waals surface area contributed by atoms with Crippen molar-refractivity contribution in [2.24, 2.45) is 0 Å². The van der Waals surface area contributed by atoms with Crippen LogP contribution in [0.3, 0.4) is 0 Å². The van der Waals surface area contributed by atoms with Gasteiger partial charge in [-0.2, -0.15) is 0 Å². The van der Waals surface area contributed by atoms with Gasteiger partial charge in [-0.05, 0) is 57.2 Å². The average molecular weight is 491 g/mol. The van der Waals surface area contributed by atoms with Gasteiger partial charge in [0.1, 0.15) is 5.82 Å². The Hall–Kier alpha value is -3.94. The first-order valence-corrected chi connectivity index (χ1v) is 12.5. The smallest absolute Gasteiger partial charge is 0.255 e. The number of para-hydroxylation sites is 1. The summed E-state index contributed by atoms with van der Waals surface area (Å²) in [5.41, 5.74) is 2.29. The normalized spacial score (nSPS) is 13.3. The van der Waals surface area contributed by atoms with Gasteiger partial charge in [0.15, 0.2) is 11.5 Å². The van der Waals surface area contributed by atoms with E-state index in [1.54, 1.807) is 18.3 Å². The standard InChI is InChI=1S/C28H34N4O4/c1-4-34-24-18-21(19-25(35-5-2)27(24)36-6-3)28(33)30-22-12-13-26(29-20-22)32-16-14-31(15-17-32)23-10-8-7-9-11-23/h7-13,18-20H,4-6,14-17H2,1-3H3,(H,30,33). The molecule has 3 aromatic rings. The highest BCUT2D eigenvalue weighted by molar-refractivity contribution is 6.05. The third-order valence-corrected chi connectivity index (χ3v) is 5.90. The summed E-state index contributed by atoms with van der Waals surface area (Å²) < 4.78 is 17.2. The van der Waals surface area contributed by atoms with E-state index in [-0.39, 0.29) is 5.91 Å². The van der Waals surface area contributed by atoms with Crippen LogP contribution in [0.2, 0.25) is 0 Å². The minimum absolute atomic E-state index is 0.272. The van der Waals surface area contributed by atoms with E-state index in [4.69, 9.17) is 14.2 Å². The molecular formula is C28H34N4O4. The van der Waals surface area contributed by atoms with Gasteiger partial charge in [0.25, 0.3) is 5.91 Å². The summed E-state index contributed by atoms with van der Waals surface area (Å²) in [6.45, 7) is 10.7. The highest BCUT2D eigenvalue weighted by Crippen LogP contribution is 2.39. The van der Waals surface area contributed by atoms with E-state index in [2.05, 4.69) is 44.4 Å². The van der Waals surface area contributed by atoms with Crippen molar-refractivity contribution in [2.45, 2.75) is 20.8 Å². The van der Waals surface area contributed by atoms with Crippen molar-refractivity contribution in [1.82, 2.24) is 4.98 Å². The van der Waals surface area contributed by atoms with Crippen LogP contribution < -0.4 is 29.3 Å². The molecular weight excluding hydrogens is 456 g/mol. The number of piperazine rings is 1. The number of carbonyl (C=O) groups excluding carboxylic acids is 1. The highest BCUT2D eigenvalue weighted by Gasteiger charge is 2.20. The number of anilines is 3. The summed E-state index contributed by atoms with van der Waals surface area (Å²) in [5, 5.41) is 2.93. The molecule has 8 nitrogen and oxygen atoms in total. The van der Waals surface area contributed by atoms with Crippen molar-refractivity contribution in [3.63, 3.8) is 0 Å². The molecule has 0 unspecified atom stereocenters. The lowest BCUT2D eigenvalue weighted by Crippen LogP contribution is -2.46. The van der Waals surface area contributed by atoms with E-state index < -0.39 is 0 Å². The summed E-state index contributed by atoms with van der Waals surface area (Å²) in [6.07, 6.45) is 1.69. The van der Waals surface area contributed by atoms with Crippen molar-refractivity contribution in [1.29, 1.82) is 0 Å². The largest absolute Gasteiger partial charge is 0.490 e. The number of hydrogen-bond donors (Lipinski definition) is 1. The minimum Gasteiger partial charge on any atom is -0.490 e. The lowest BCUT2D eigenvalue weighted by Gasteiger charge is -2.36. The first-order chi connectivity index (χ1) is 17.6. The van der Waals surface area contributed by atoms with Gasteiger partial charge in [0.05, 0.1) is 31.7 Å². The Bertz CT molecular complexity index is 1100. The third kappa shape index (κ3) is 6.00. The number of hydrogen-bond acceptors (Lipinski definition) is 7. The Morgan fingerprint density at radius 1 is 0.833 bits per heavy atom. The number of rotatable bonds is 10. The van der Waals surface area contributed by atoms with Crippen LogP contribution >= 0.6 is 0 Å². The van der Waals surface area contributed by atoms with Crippen LogP contribution in [0.25, 0.3) is 0 Å². The Morgan fingerprint density at radius 2 is 1.44 bits per heavy atom. The van der Waals surface area contributed by atoms with Crippen LogP contribution in [0.15, 0.2) is 60.8 Å². The number of ether oxygens (including phenoxy) is 3. The molecule has 0 saturated carbocycles. The number of pyridine rings is 1. The second-order valence-corrected chi connectivity index (χ2v) is 8.27. The Kier molecular flexibility index (Phi) is 8.49. The molecule has 36 heavy (non-hydrogen) atoms. The van der Waals surface area contributed by atoms with Crippen molar-refractivity contribution in [3.05, 3.63) is 66.4 Å². The van der Waals surface area contributed by atoms with Gasteiger partial charge in [0, 0.05) is 37.4 Å². The Balaban J connectivity index is 1.42. The van der Waals surface area contributed by atoms with Crippen molar-refractivity contribution in [2.75, 3.05) is 61.1 Å². The summed E-state index contributed by atoms with van der Waals surface area (Å²) >= 11 is 0. The predicted octanol–water partition coefficient (Wildman–Crippen LogP) is 4.86. The quantitative estimate of drug-likeness (QED) is 0.435. The molecule has 0 aliphatic carbocycles. The van der Waals surface area contributed by atoms with E-state index in [1.807, 2.05) is 39.0 Å². The molecule has 1 fully saturated rings. The SMILES string of the molecule is CCOc1cc(C(=O)Nc2ccc(N3CCN(c4ccccc4)CC3)nc2)cc(OCC)c1OCC. The topological polar surface area (TPSA) is 76.2 Å². The van der Waals surface area contributed by atoms with Crippen molar-refractivity contribution in [3.8, 4) is 17.2 Å². The first kappa shape index (κ1) is 25.2. The van der Waals surface area contributed by atoms with Crippen LogP contribution in [0, 0.1) is 0 Å². The predicted molar refractivity (Wildman–Crippen MR) is 143 cm³/mol. The molecule has 1 aliphatic heterocycles. The van der Waals surface area contributed by atoms with Crippen LogP contribution in [0.1, 0.15) is 31.1 Å². The van der Waals surface area contributed by atoms with Crippen molar-refractivity contribution < 1.29 is 19.0 Å². The molecule has 4 rings (SSSR count). The maximum absolute atomic E-state index is 13.0. The molecule has 1 N–H and O–H groups in total. The second-order valence-electron chi connectivity index (χ2n) is 8.27. The van der Waals surface area contributed by atoms with Gasteiger partial charge in [-0.15, -0.1) is 0 Å². The number of carbonyl (C=O) groups is 1. The van der Waals surface area contributed by atoms with Crippen LogP contribution in [0.5, 0.6) is 17.2 Å². The summed E-state index contributed by atoms with van der Waals surface area (Å²) in [6, 6.07) is 17.7. The zero-order valence-corrected chi connectivity index (χ0v) is 21.2. The lowest BCUT2D eigenvalue weighted by atomic mass is 10.1. The van der Waals surface area contributed by atoms with Gasteiger partial charge < -0.3 is 29.3 Å². The van der Waals surface area contributed by atoms with Crippen LogP contribution in [-0.4, -0.2) is 56.9 Å². The first-order valence-electron chi connectivity index (χ1n) is 12.5. The van der Waals surface area contributed by atoms with Crippen molar-refractivity contribution >= 4 is 23.1 Å². The number of nitrogens with one attached hydrogen (secondary N) is 1. The van der Waals surface area contributed by atoms with Gasteiger partial charge in [0.2, 0.25) is 5.75 Å². The van der Waals surface area contributed by atoms with E-state index in [1.165, 1.54) is 5.69 Å². The number of amides is 1. The maximum atomic E-state index is 13.0. The van der Waals surface area contributed by atoms with Crippen LogP contribution in [0.4, 0.5) is 17.2 Å². The molecule has 1 saturated heterocycles. The van der Waals surface area contributed by atoms with Gasteiger partial charge >= 0.3 is 0 Å². The molecule has 190 valence electrons. The zero-order chi connectivity index (χ0) is 25.3. The fourth-order valence-electron chi connectivity index (χ4n) is 4.20. The number of benzene rings is 2. The highest BCUT2D eigenvalue weighted by atomic mass is 16.5. The summed E-state index contributed by atoms with van der Waals surface area (Å²) in [4.78, 5) is 22.3. The average Bonchev–Trinajstić information content (AvgIpc) is 2.91. The summed E-state index contributed by atoms with van der Waals surface area (Å²) in [5.74, 6) is 2.11. The number of aromatic nitrogens is 1. The molecule has 1 amide bonds. The maximum Gasteiger partial charge on any atom is 0.255 e. The lowest BCUT2D eigenvalue weighted by molar-refractivity contribution is 0.102. The zero-order valence-electron chi connectivity index (χ0n) is 21.2. The van der Waals surface area contributed by atoms with Gasteiger partial charge in [-0.3, -0.25) is 4.79 Å². The molecule has 2 heterocycles. The van der Waals surface area contributed by atoms with Gasteiger partial charge in [-0.25, -0.2) is 4.98 Å². The monoisotopic (exact) mass is 490 g/mol. The molecule has 2 aromatic carbocycles. The molecule has 0 atom stereocenters. The molecule has 0 spiro atoms. The van der Waals surface area contributed by atoms with E-state index in [9.17, 15) is 4.79 Å². The van der Waals surface area contributed by atoms with Crippen LogP contribution in [-0.2, 0) is 0 Å². The second kappa shape index (κ2) is 12.2. The third-order valence-electron chi connectivity index (χ3n) is 5.90. The molecule has 0 bridgehead atoms. The number of nitrogens with zero attached hydrogens (tertiary/aromatic N) is 3. The Morgan fingerprint density at radius 3 is 2.00 bits per heavy atom. The van der Waals surface area contributed by atoms with Gasteiger partial charge in [-0.1, -0.05) is 18.2 Å². The minimum atomic E-state index is -0.272.